The van der Waals surface area contributed by atoms with Crippen molar-refractivity contribution >= 4 is 15.9 Å². The SMILES string of the molecule is O[C@@H](CBr)c1cc(F)cc(F)c1. The van der Waals surface area contributed by atoms with Crippen LogP contribution in [-0.2, 0) is 0 Å². The molecule has 1 nitrogen and oxygen atoms in total. The maximum absolute atomic E-state index is 12.6. The van der Waals surface area contributed by atoms with Gasteiger partial charge in [0, 0.05) is 11.4 Å². The Hall–Kier alpha value is -0.480. The molecule has 0 amide bonds. The summed E-state index contributed by atoms with van der Waals surface area (Å²) in [5, 5.41) is 9.46. The number of aliphatic hydroxyl groups is 1. The maximum Gasteiger partial charge on any atom is 0.126 e. The first-order valence-electron chi connectivity index (χ1n) is 3.33. The van der Waals surface area contributed by atoms with E-state index in [1.807, 2.05) is 0 Å². The second-order valence-corrected chi connectivity index (χ2v) is 3.02. The Morgan fingerprint density at radius 1 is 1.25 bits per heavy atom. The highest BCUT2D eigenvalue weighted by Crippen LogP contribution is 2.17. The summed E-state index contributed by atoms with van der Waals surface area (Å²) in [4.78, 5) is 0. The van der Waals surface area contributed by atoms with Crippen molar-refractivity contribution in [1.82, 2.24) is 0 Å². The zero-order chi connectivity index (χ0) is 9.14. The normalized spacial score (nSPS) is 13.0. The predicted molar refractivity (Wildman–Crippen MR) is 45.1 cm³/mol. The molecule has 0 aliphatic carbocycles. The predicted octanol–water partition coefficient (Wildman–Crippen LogP) is 2.39. The molecule has 66 valence electrons. The van der Waals surface area contributed by atoms with Crippen molar-refractivity contribution < 1.29 is 13.9 Å². The molecule has 1 aromatic carbocycles. The topological polar surface area (TPSA) is 20.2 Å². The number of halogens is 3. The molecule has 4 heteroatoms. The van der Waals surface area contributed by atoms with Crippen LogP contribution in [0.2, 0.25) is 0 Å². The zero-order valence-electron chi connectivity index (χ0n) is 6.10. The van der Waals surface area contributed by atoms with Crippen LogP contribution in [-0.4, -0.2) is 10.4 Å². The first-order chi connectivity index (χ1) is 5.63. The lowest BCUT2D eigenvalue weighted by Gasteiger charge is -2.06. The molecule has 0 saturated carbocycles. The van der Waals surface area contributed by atoms with E-state index in [0.29, 0.717) is 0 Å². The monoisotopic (exact) mass is 236 g/mol. The van der Waals surface area contributed by atoms with Crippen LogP contribution in [0.5, 0.6) is 0 Å². The van der Waals surface area contributed by atoms with Crippen molar-refractivity contribution in [3.05, 3.63) is 35.4 Å². The van der Waals surface area contributed by atoms with Gasteiger partial charge < -0.3 is 5.11 Å². The fraction of sp³-hybridized carbons (Fsp3) is 0.250. The Morgan fingerprint density at radius 3 is 2.17 bits per heavy atom. The van der Waals surface area contributed by atoms with E-state index < -0.39 is 17.7 Å². The molecule has 0 aliphatic rings. The summed E-state index contributed by atoms with van der Waals surface area (Å²) in [5.74, 6) is -1.35. The summed E-state index contributed by atoms with van der Waals surface area (Å²) < 4.78 is 25.1. The van der Waals surface area contributed by atoms with Gasteiger partial charge in [0.1, 0.15) is 11.6 Å². The van der Waals surface area contributed by atoms with Crippen LogP contribution in [0.1, 0.15) is 11.7 Å². The largest absolute Gasteiger partial charge is 0.388 e. The van der Waals surface area contributed by atoms with Crippen molar-refractivity contribution in [3.63, 3.8) is 0 Å². The molecule has 0 spiro atoms. The third-order valence-corrected chi connectivity index (χ3v) is 2.03. The van der Waals surface area contributed by atoms with Gasteiger partial charge in [-0.2, -0.15) is 0 Å². The minimum absolute atomic E-state index is 0.240. The van der Waals surface area contributed by atoms with Gasteiger partial charge in [-0.1, -0.05) is 15.9 Å². The summed E-state index contributed by atoms with van der Waals surface area (Å²) in [6.07, 6.45) is -0.866. The smallest absolute Gasteiger partial charge is 0.126 e. The number of hydrogen-bond acceptors (Lipinski definition) is 1. The molecule has 0 unspecified atom stereocenters. The van der Waals surface area contributed by atoms with E-state index in [4.69, 9.17) is 0 Å². The van der Waals surface area contributed by atoms with E-state index in [2.05, 4.69) is 15.9 Å². The quantitative estimate of drug-likeness (QED) is 0.783. The van der Waals surface area contributed by atoms with Crippen molar-refractivity contribution in [1.29, 1.82) is 0 Å². The Kier molecular flexibility index (Phi) is 3.17. The Morgan fingerprint density at radius 2 is 1.75 bits per heavy atom. The maximum atomic E-state index is 12.6. The van der Waals surface area contributed by atoms with Gasteiger partial charge in [0.05, 0.1) is 6.10 Å². The van der Waals surface area contributed by atoms with E-state index in [-0.39, 0.29) is 10.9 Å². The molecular formula is C8H7BrF2O. The molecule has 1 rings (SSSR count). The number of rotatable bonds is 2. The molecule has 0 radical (unpaired) electrons. The van der Waals surface area contributed by atoms with Crippen LogP contribution in [0.25, 0.3) is 0 Å². The van der Waals surface area contributed by atoms with Gasteiger partial charge in [0.25, 0.3) is 0 Å². The number of aliphatic hydroxyl groups excluding tert-OH is 1. The number of hydrogen-bond donors (Lipinski definition) is 1. The van der Waals surface area contributed by atoms with Crippen molar-refractivity contribution in [2.24, 2.45) is 0 Å². The minimum Gasteiger partial charge on any atom is -0.388 e. The van der Waals surface area contributed by atoms with Gasteiger partial charge >= 0.3 is 0 Å². The molecule has 0 fully saturated rings. The lowest BCUT2D eigenvalue weighted by atomic mass is 10.1. The molecule has 0 saturated heterocycles. The van der Waals surface area contributed by atoms with Crippen LogP contribution in [0, 0.1) is 11.6 Å². The highest BCUT2D eigenvalue weighted by molar-refractivity contribution is 9.09. The van der Waals surface area contributed by atoms with Crippen LogP contribution in [0.15, 0.2) is 18.2 Å². The molecule has 12 heavy (non-hydrogen) atoms. The number of alkyl halides is 1. The Balaban J connectivity index is 3.00. The summed E-state index contributed by atoms with van der Waals surface area (Å²) in [6, 6.07) is 2.98. The summed E-state index contributed by atoms with van der Waals surface area (Å²) in [5.41, 5.74) is 0.240. The van der Waals surface area contributed by atoms with E-state index in [0.717, 1.165) is 18.2 Å². The van der Waals surface area contributed by atoms with E-state index >= 15 is 0 Å². The fourth-order valence-electron chi connectivity index (χ4n) is 0.857. The number of benzene rings is 1. The average Bonchev–Trinajstić information content (AvgIpc) is 2.01. The van der Waals surface area contributed by atoms with Gasteiger partial charge in [-0.05, 0) is 17.7 Å². The molecule has 0 aliphatic heterocycles. The van der Waals surface area contributed by atoms with Crippen LogP contribution < -0.4 is 0 Å². The van der Waals surface area contributed by atoms with Crippen LogP contribution in [0.3, 0.4) is 0 Å². The van der Waals surface area contributed by atoms with Crippen molar-refractivity contribution in [2.45, 2.75) is 6.10 Å². The van der Waals surface area contributed by atoms with Gasteiger partial charge in [-0.25, -0.2) is 8.78 Å². The first kappa shape index (κ1) is 9.61. The molecule has 1 atom stereocenters. The van der Waals surface area contributed by atoms with Crippen LogP contribution in [0.4, 0.5) is 8.78 Å². The van der Waals surface area contributed by atoms with E-state index in [1.165, 1.54) is 0 Å². The second-order valence-electron chi connectivity index (χ2n) is 2.37. The fourth-order valence-corrected chi connectivity index (χ4v) is 1.23. The van der Waals surface area contributed by atoms with Gasteiger partial charge in [-0.15, -0.1) is 0 Å². The third kappa shape index (κ3) is 2.25. The van der Waals surface area contributed by atoms with Gasteiger partial charge in [0.15, 0.2) is 0 Å². The molecule has 1 N–H and O–H groups in total. The molecule has 0 bridgehead atoms. The summed E-state index contributed by atoms with van der Waals surface area (Å²) in [7, 11) is 0. The van der Waals surface area contributed by atoms with Gasteiger partial charge in [0.2, 0.25) is 0 Å². The Labute approximate surface area is 77.2 Å². The minimum atomic E-state index is -0.866. The Bertz CT molecular complexity index is 258. The molecular weight excluding hydrogens is 230 g/mol. The molecule has 0 heterocycles. The average molecular weight is 237 g/mol. The summed E-state index contributed by atoms with van der Waals surface area (Å²) in [6.45, 7) is 0. The van der Waals surface area contributed by atoms with Crippen LogP contribution >= 0.6 is 15.9 Å². The first-order valence-corrected chi connectivity index (χ1v) is 4.45. The lowest BCUT2D eigenvalue weighted by Crippen LogP contribution is -1.99. The van der Waals surface area contributed by atoms with Crippen molar-refractivity contribution in [2.75, 3.05) is 5.33 Å². The molecule has 0 aromatic heterocycles. The van der Waals surface area contributed by atoms with Gasteiger partial charge in [-0.3, -0.25) is 0 Å². The molecule has 1 aromatic rings. The van der Waals surface area contributed by atoms with Crippen molar-refractivity contribution in [3.8, 4) is 0 Å². The third-order valence-electron chi connectivity index (χ3n) is 1.42. The standard InChI is InChI=1S/C8H7BrF2O/c9-4-8(12)5-1-6(10)3-7(11)2-5/h1-3,8,12H,4H2/t8-/m0/s1. The highest BCUT2D eigenvalue weighted by Gasteiger charge is 2.08. The second kappa shape index (κ2) is 3.96. The van der Waals surface area contributed by atoms with E-state index in [9.17, 15) is 13.9 Å². The zero-order valence-corrected chi connectivity index (χ0v) is 7.68. The lowest BCUT2D eigenvalue weighted by molar-refractivity contribution is 0.204. The highest BCUT2D eigenvalue weighted by atomic mass is 79.9. The van der Waals surface area contributed by atoms with E-state index in [1.54, 1.807) is 0 Å². The summed E-state index contributed by atoms with van der Waals surface area (Å²) >= 11 is 3.01.